The minimum atomic E-state index is 0.00811. The molecule has 0 saturated heterocycles. The second-order valence-electron chi connectivity index (χ2n) is 14.7. The molecule has 0 saturated carbocycles. The monoisotopic (exact) mass is 740 g/mol. The molecule has 11 aromatic rings. The molecule has 3 aromatic heterocycles. The van der Waals surface area contributed by atoms with Gasteiger partial charge in [-0.25, -0.2) is 0 Å². The Hall–Kier alpha value is -6.20. The maximum absolute atomic E-state index is 6.68. The summed E-state index contributed by atoms with van der Waals surface area (Å²) in [6.07, 6.45) is 0.865. The summed E-state index contributed by atoms with van der Waals surface area (Å²) < 4.78 is 18.4. The summed E-state index contributed by atoms with van der Waals surface area (Å²) in [5.74, 6) is 1.02. The molecule has 0 aliphatic carbocycles. The van der Waals surface area contributed by atoms with E-state index < -0.39 is 0 Å². The van der Waals surface area contributed by atoms with E-state index in [-0.39, 0.29) is 12.0 Å². The highest BCUT2D eigenvalue weighted by Crippen LogP contribution is 2.47. The summed E-state index contributed by atoms with van der Waals surface area (Å²) in [6, 6.07) is 62.3. The number of hydrogen-bond donors (Lipinski definition) is 0. The molecule has 260 valence electrons. The topological polar surface area (TPSA) is 22.4 Å². The van der Waals surface area contributed by atoms with Crippen molar-refractivity contribution >= 4 is 85.0 Å². The van der Waals surface area contributed by atoms with Gasteiger partial charge in [-0.05, 0) is 93.5 Å². The normalized spacial score (nSPS) is 14.2. The first-order valence-corrected chi connectivity index (χ1v) is 20.5. The Labute approximate surface area is 325 Å². The third-order valence-electron chi connectivity index (χ3n) is 11.6. The Kier molecular flexibility index (Phi) is 6.89. The second kappa shape index (κ2) is 12.2. The van der Waals surface area contributed by atoms with E-state index in [9.17, 15) is 0 Å². The van der Waals surface area contributed by atoms with Gasteiger partial charge in [0.1, 0.15) is 23.0 Å². The Morgan fingerprint density at radius 3 is 1.73 bits per heavy atom. The van der Waals surface area contributed by atoms with E-state index >= 15 is 0 Å². The summed E-state index contributed by atoms with van der Waals surface area (Å²) in [4.78, 5) is 0. The molecule has 2 nitrogen and oxygen atoms in total. The third kappa shape index (κ3) is 4.99. The van der Waals surface area contributed by atoms with Crippen LogP contribution in [0, 0.1) is 0 Å². The predicted octanol–water partition coefficient (Wildman–Crippen LogP) is 14.8. The van der Waals surface area contributed by atoms with Crippen molar-refractivity contribution in [2.45, 2.75) is 18.4 Å². The van der Waals surface area contributed by atoms with Crippen LogP contribution in [0.1, 0.15) is 39.8 Å². The predicted molar refractivity (Wildman–Crippen MR) is 232 cm³/mol. The zero-order valence-electron chi connectivity index (χ0n) is 29.7. The van der Waals surface area contributed by atoms with E-state index in [0.29, 0.717) is 0 Å². The van der Waals surface area contributed by atoms with Crippen molar-refractivity contribution in [1.29, 1.82) is 0 Å². The molecule has 12 rings (SSSR count). The van der Waals surface area contributed by atoms with Gasteiger partial charge in [-0.2, -0.15) is 0 Å². The van der Waals surface area contributed by atoms with Crippen molar-refractivity contribution in [2.24, 2.45) is 0 Å². The van der Waals surface area contributed by atoms with Crippen LogP contribution in [0.3, 0.4) is 0 Å². The average molecular weight is 741 g/mol. The quantitative estimate of drug-likeness (QED) is 0.164. The summed E-state index contributed by atoms with van der Waals surface area (Å²) in [5.41, 5.74) is 10.4. The van der Waals surface area contributed by atoms with Crippen LogP contribution in [-0.2, 0) is 6.42 Å². The zero-order valence-corrected chi connectivity index (χ0v) is 31.3. The molecule has 0 amide bonds. The molecule has 4 heterocycles. The van der Waals surface area contributed by atoms with Crippen LogP contribution in [0.4, 0.5) is 0 Å². The van der Waals surface area contributed by atoms with Gasteiger partial charge in [0.25, 0.3) is 0 Å². The van der Waals surface area contributed by atoms with Crippen molar-refractivity contribution in [3.05, 3.63) is 198 Å². The fourth-order valence-corrected chi connectivity index (χ4v) is 11.1. The number of benzene rings is 8. The standard InChI is InChI=1S/C51H32O2S2/c1-2-8-31(9-3-1)44-29-36-19-23-43-50(51(36)53-44)41-26-33(18-22-42(41)52-43)30-14-16-32(17-15-30)49(34-20-24-47-39(27-34)37-10-4-6-12-45(37)54-47)35-21-25-48-40(28-35)38-11-5-7-13-46(38)55-48/h1-28,44,49H,29H2/t44-/m0/s1. The maximum Gasteiger partial charge on any atom is 0.139 e. The minimum Gasteiger partial charge on any atom is -0.484 e. The lowest BCUT2D eigenvalue weighted by atomic mass is 9.83. The largest absolute Gasteiger partial charge is 0.484 e. The van der Waals surface area contributed by atoms with Crippen LogP contribution in [0.5, 0.6) is 5.75 Å². The molecular weight excluding hydrogens is 709 g/mol. The smallest absolute Gasteiger partial charge is 0.139 e. The highest BCUT2D eigenvalue weighted by molar-refractivity contribution is 7.26. The first kappa shape index (κ1) is 31.2. The van der Waals surface area contributed by atoms with Crippen LogP contribution in [0.15, 0.2) is 174 Å². The van der Waals surface area contributed by atoms with Gasteiger partial charge < -0.3 is 9.15 Å². The maximum atomic E-state index is 6.68. The number of thiophene rings is 2. The van der Waals surface area contributed by atoms with Crippen LogP contribution in [0.2, 0.25) is 0 Å². The molecule has 55 heavy (non-hydrogen) atoms. The van der Waals surface area contributed by atoms with Gasteiger partial charge in [-0.1, -0.05) is 115 Å². The van der Waals surface area contributed by atoms with Crippen molar-refractivity contribution in [3.63, 3.8) is 0 Å². The molecule has 1 aliphatic heterocycles. The van der Waals surface area contributed by atoms with E-state index in [1.807, 2.05) is 22.7 Å². The van der Waals surface area contributed by atoms with Crippen molar-refractivity contribution in [3.8, 4) is 16.9 Å². The van der Waals surface area contributed by atoms with Crippen molar-refractivity contribution in [2.75, 3.05) is 0 Å². The molecule has 4 heteroatoms. The van der Waals surface area contributed by atoms with E-state index in [1.165, 1.54) is 73.7 Å². The molecule has 0 radical (unpaired) electrons. The van der Waals surface area contributed by atoms with Crippen molar-refractivity contribution in [1.82, 2.24) is 0 Å². The van der Waals surface area contributed by atoms with E-state index in [0.717, 1.165) is 39.7 Å². The molecule has 0 bridgehead atoms. The Morgan fingerprint density at radius 2 is 1.04 bits per heavy atom. The van der Waals surface area contributed by atoms with Gasteiger partial charge >= 0.3 is 0 Å². The first-order chi connectivity index (χ1) is 27.2. The Bertz CT molecular complexity index is 3160. The number of ether oxygens (including phenoxy) is 1. The number of furan rings is 1. The molecule has 1 atom stereocenters. The Balaban J connectivity index is 0.968. The fraction of sp³-hybridized carbons (Fsp3) is 0.0588. The summed E-state index contributed by atoms with van der Waals surface area (Å²) in [7, 11) is 0. The molecule has 1 aliphatic rings. The molecular formula is C51H32O2S2. The summed E-state index contributed by atoms with van der Waals surface area (Å²) in [6.45, 7) is 0. The lowest BCUT2D eigenvalue weighted by Gasteiger charge is -2.20. The van der Waals surface area contributed by atoms with Gasteiger partial charge in [0.15, 0.2) is 0 Å². The lowest BCUT2D eigenvalue weighted by Crippen LogP contribution is -2.03. The van der Waals surface area contributed by atoms with Crippen LogP contribution < -0.4 is 4.74 Å². The highest BCUT2D eigenvalue weighted by atomic mass is 32.1. The molecule has 0 spiro atoms. The van der Waals surface area contributed by atoms with Crippen molar-refractivity contribution < 1.29 is 9.15 Å². The summed E-state index contributed by atoms with van der Waals surface area (Å²) >= 11 is 3.74. The number of fused-ring (bicyclic) bond motifs is 11. The van der Waals surface area contributed by atoms with Crippen LogP contribution >= 0.6 is 22.7 Å². The SMILES string of the molecule is c1ccc([C@@H]2Cc3ccc4oc5ccc(-c6ccc(C(c7ccc8sc9ccccc9c8c7)c7ccc8sc9ccccc9c8c7)cc6)cc5c4c3O2)cc1. The molecule has 0 N–H and O–H groups in total. The molecule has 0 fully saturated rings. The van der Waals surface area contributed by atoms with Gasteiger partial charge in [0.2, 0.25) is 0 Å². The highest BCUT2D eigenvalue weighted by Gasteiger charge is 2.28. The Morgan fingerprint density at radius 1 is 0.455 bits per heavy atom. The minimum absolute atomic E-state index is 0.00811. The number of rotatable bonds is 5. The molecule has 8 aromatic carbocycles. The van der Waals surface area contributed by atoms with E-state index in [2.05, 4.69) is 170 Å². The van der Waals surface area contributed by atoms with Gasteiger partial charge in [-0.3, -0.25) is 0 Å². The first-order valence-electron chi connectivity index (χ1n) is 18.8. The third-order valence-corrected chi connectivity index (χ3v) is 13.9. The zero-order chi connectivity index (χ0) is 36.0. The molecule has 0 unspecified atom stereocenters. The lowest BCUT2D eigenvalue weighted by molar-refractivity contribution is 0.241. The van der Waals surface area contributed by atoms with E-state index in [1.54, 1.807) is 0 Å². The number of hydrogen-bond acceptors (Lipinski definition) is 4. The van der Waals surface area contributed by atoms with Gasteiger partial charge in [0.05, 0.1) is 5.39 Å². The summed E-state index contributed by atoms with van der Waals surface area (Å²) in [5, 5.41) is 7.46. The fourth-order valence-electron chi connectivity index (χ4n) is 8.88. The average Bonchev–Trinajstić information content (AvgIpc) is 4.02. The van der Waals surface area contributed by atoms with Gasteiger partial charge in [-0.15, -0.1) is 22.7 Å². The van der Waals surface area contributed by atoms with E-state index in [4.69, 9.17) is 9.15 Å². The van der Waals surface area contributed by atoms with Crippen LogP contribution in [-0.4, -0.2) is 0 Å². The van der Waals surface area contributed by atoms with Gasteiger partial charge in [0, 0.05) is 58.1 Å². The second-order valence-corrected chi connectivity index (χ2v) is 16.9. The van der Waals surface area contributed by atoms with Crippen LogP contribution in [0.25, 0.3) is 73.4 Å².